The molecule has 5 nitrogen and oxygen atoms in total. The second kappa shape index (κ2) is 8.10. The lowest BCUT2D eigenvalue weighted by Gasteiger charge is -2.36. The van der Waals surface area contributed by atoms with Crippen molar-refractivity contribution in [2.45, 2.75) is 19.9 Å². The van der Waals surface area contributed by atoms with Crippen molar-refractivity contribution >= 4 is 11.7 Å². The molecule has 122 valence electrons. The predicted octanol–water partition coefficient (Wildman–Crippen LogP) is 2.30. The van der Waals surface area contributed by atoms with E-state index in [1.54, 1.807) is 12.1 Å². The third-order valence-electron chi connectivity index (χ3n) is 3.88. The number of halogens is 1. The van der Waals surface area contributed by atoms with Crippen LogP contribution in [0.1, 0.15) is 13.8 Å². The van der Waals surface area contributed by atoms with E-state index in [1.165, 1.54) is 12.1 Å². The van der Waals surface area contributed by atoms with Crippen LogP contribution in [-0.4, -0.2) is 49.8 Å². The molecule has 6 heteroatoms. The zero-order valence-electron chi connectivity index (χ0n) is 13.1. The van der Waals surface area contributed by atoms with Crippen molar-refractivity contribution in [3.05, 3.63) is 30.1 Å². The van der Waals surface area contributed by atoms with Gasteiger partial charge in [0.05, 0.1) is 18.9 Å². The number of para-hydroxylation sites is 1. The van der Waals surface area contributed by atoms with Gasteiger partial charge in [-0.2, -0.15) is 0 Å². The second-order valence-electron chi connectivity index (χ2n) is 5.77. The van der Waals surface area contributed by atoms with Crippen LogP contribution in [0.3, 0.4) is 0 Å². The molecule has 0 radical (unpaired) electrons. The van der Waals surface area contributed by atoms with E-state index in [2.05, 4.69) is 29.4 Å². The standard InChI is InChI=1S/C16H24FN3O2/c1-12(2)15(20-7-9-22-10-8-20)11-18-16(21)19-14-6-4-3-5-13(14)17/h3-6,12,15H,7-11H2,1-2H3,(H2,18,19,21). The highest BCUT2D eigenvalue weighted by Gasteiger charge is 2.24. The van der Waals surface area contributed by atoms with Crippen molar-refractivity contribution in [3.8, 4) is 0 Å². The van der Waals surface area contributed by atoms with Gasteiger partial charge in [0.15, 0.2) is 0 Å². The van der Waals surface area contributed by atoms with Crippen LogP contribution < -0.4 is 10.6 Å². The van der Waals surface area contributed by atoms with Crippen LogP contribution >= 0.6 is 0 Å². The molecule has 1 aliphatic rings. The topological polar surface area (TPSA) is 53.6 Å². The zero-order chi connectivity index (χ0) is 15.9. The summed E-state index contributed by atoms with van der Waals surface area (Å²) < 4.78 is 18.9. The van der Waals surface area contributed by atoms with Crippen molar-refractivity contribution < 1.29 is 13.9 Å². The van der Waals surface area contributed by atoms with Gasteiger partial charge in [-0.15, -0.1) is 0 Å². The summed E-state index contributed by atoms with van der Waals surface area (Å²) in [6.45, 7) is 8.00. The van der Waals surface area contributed by atoms with Gasteiger partial charge in [0, 0.05) is 25.7 Å². The molecule has 22 heavy (non-hydrogen) atoms. The summed E-state index contributed by atoms with van der Waals surface area (Å²) in [7, 11) is 0. The molecule has 1 unspecified atom stereocenters. The van der Waals surface area contributed by atoms with Gasteiger partial charge in [-0.3, -0.25) is 4.90 Å². The fourth-order valence-corrected chi connectivity index (χ4v) is 2.62. The quantitative estimate of drug-likeness (QED) is 0.877. The number of carbonyl (C=O) groups excluding carboxylic acids is 1. The van der Waals surface area contributed by atoms with Gasteiger partial charge in [0.25, 0.3) is 0 Å². The number of hydrogen-bond acceptors (Lipinski definition) is 3. The highest BCUT2D eigenvalue weighted by molar-refractivity contribution is 5.89. The summed E-state index contributed by atoms with van der Waals surface area (Å²) in [6, 6.07) is 5.99. The van der Waals surface area contributed by atoms with Crippen molar-refractivity contribution in [1.29, 1.82) is 0 Å². The van der Waals surface area contributed by atoms with E-state index in [-0.39, 0.29) is 17.8 Å². The maximum absolute atomic E-state index is 13.5. The van der Waals surface area contributed by atoms with Gasteiger partial charge in [0.1, 0.15) is 5.82 Å². The van der Waals surface area contributed by atoms with Crippen molar-refractivity contribution in [2.75, 3.05) is 38.2 Å². The number of nitrogens with zero attached hydrogens (tertiary/aromatic N) is 1. The molecule has 0 bridgehead atoms. The van der Waals surface area contributed by atoms with Gasteiger partial charge >= 0.3 is 6.03 Å². The monoisotopic (exact) mass is 309 g/mol. The van der Waals surface area contributed by atoms with E-state index in [4.69, 9.17) is 4.74 Å². The molecule has 1 heterocycles. The van der Waals surface area contributed by atoms with E-state index in [0.717, 1.165) is 26.3 Å². The largest absolute Gasteiger partial charge is 0.379 e. The molecule has 1 atom stereocenters. The summed E-state index contributed by atoms with van der Waals surface area (Å²) in [5, 5.41) is 5.38. The first kappa shape index (κ1) is 16.7. The van der Waals surface area contributed by atoms with E-state index in [0.29, 0.717) is 12.5 Å². The zero-order valence-corrected chi connectivity index (χ0v) is 13.1. The molecule has 0 spiro atoms. The lowest BCUT2D eigenvalue weighted by atomic mass is 10.0. The Bertz CT molecular complexity index is 490. The molecule has 1 fully saturated rings. The number of urea groups is 1. The van der Waals surface area contributed by atoms with E-state index in [9.17, 15) is 9.18 Å². The summed E-state index contributed by atoms with van der Waals surface area (Å²) in [6.07, 6.45) is 0. The molecule has 0 aliphatic carbocycles. The Labute approximate surface area is 130 Å². The van der Waals surface area contributed by atoms with Crippen LogP contribution in [0, 0.1) is 11.7 Å². The van der Waals surface area contributed by atoms with Gasteiger partial charge in [0.2, 0.25) is 0 Å². The Morgan fingerprint density at radius 2 is 2.00 bits per heavy atom. The summed E-state index contributed by atoms with van der Waals surface area (Å²) in [5.74, 6) is -0.0295. The summed E-state index contributed by atoms with van der Waals surface area (Å²) >= 11 is 0. The Morgan fingerprint density at radius 3 is 2.64 bits per heavy atom. The first-order chi connectivity index (χ1) is 10.6. The average molecular weight is 309 g/mol. The smallest absolute Gasteiger partial charge is 0.319 e. The molecule has 0 saturated carbocycles. The number of benzene rings is 1. The molecule has 2 N–H and O–H groups in total. The van der Waals surface area contributed by atoms with Crippen molar-refractivity contribution in [2.24, 2.45) is 5.92 Å². The highest BCUT2D eigenvalue weighted by atomic mass is 19.1. The first-order valence-corrected chi connectivity index (χ1v) is 7.69. The number of hydrogen-bond donors (Lipinski definition) is 2. The average Bonchev–Trinajstić information content (AvgIpc) is 2.50. The van der Waals surface area contributed by atoms with Gasteiger partial charge in [-0.25, -0.2) is 9.18 Å². The molecule has 2 rings (SSSR count). The van der Waals surface area contributed by atoms with Crippen LogP contribution in [0.25, 0.3) is 0 Å². The minimum atomic E-state index is -0.439. The van der Waals surface area contributed by atoms with Crippen LogP contribution in [0.15, 0.2) is 24.3 Å². The highest BCUT2D eigenvalue weighted by Crippen LogP contribution is 2.14. The Balaban J connectivity index is 1.86. The van der Waals surface area contributed by atoms with Crippen LogP contribution in [0.2, 0.25) is 0 Å². The normalized spacial score (nSPS) is 17.3. The number of carbonyl (C=O) groups is 1. The number of ether oxygens (including phenoxy) is 1. The van der Waals surface area contributed by atoms with Crippen molar-refractivity contribution in [1.82, 2.24) is 10.2 Å². The lowest BCUT2D eigenvalue weighted by Crippen LogP contribution is -2.51. The van der Waals surface area contributed by atoms with Crippen LogP contribution in [0.5, 0.6) is 0 Å². The Morgan fingerprint density at radius 1 is 1.32 bits per heavy atom. The number of anilines is 1. The molecule has 1 aromatic carbocycles. The molecule has 1 aliphatic heterocycles. The van der Waals surface area contributed by atoms with Crippen LogP contribution in [-0.2, 0) is 4.74 Å². The summed E-state index contributed by atoms with van der Waals surface area (Å²) in [5.41, 5.74) is 0.187. The summed E-state index contributed by atoms with van der Waals surface area (Å²) in [4.78, 5) is 14.3. The van der Waals surface area contributed by atoms with E-state index in [1.807, 2.05) is 0 Å². The van der Waals surface area contributed by atoms with Crippen molar-refractivity contribution in [3.63, 3.8) is 0 Å². The molecule has 2 amide bonds. The Kier molecular flexibility index (Phi) is 6.15. The Hall–Kier alpha value is -1.66. The van der Waals surface area contributed by atoms with E-state index < -0.39 is 5.82 Å². The SMILES string of the molecule is CC(C)C(CNC(=O)Nc1ccccc1F)N1CCOCC1. The number of nitrogens with one attached hydrogen (secondary N) is 2. The van der Waals surface area contributed by atoms with E-state index >= 15 is 0 Å². The van der Waals surface area contributed by atoms with Crippen LogP contribution in [0.4, 0.5) is 14.9 Å². The molecular formula is C16H24FN3O2. The maximum Gasteiger partial charge on any atom is 0.319 e. The second-order valence-corrected chi connectivity index (χ2v) is 5.77. The minimum Gasteiger partial charge on any atom is -0.379 e. The number of morpholine rings is 1. The number of rotatable bonds is 5. The fraction of sp³-hybridized carbons (Fsp3) is 0.562. The molecule has 1 saturated heterocycles. The number of amides is 2. The first-order valence-electron chi connectivity index (χ1n) is 7.69. The molecular weight excluding hydrogens is 285 g/mol. The minimum absolute atomic E-state index is 0.187. The third kappa shape index (κ3) is 4.68. The third-order valence-corrected chi connectivity index (χ3v) is 3.88. The molecule has 0 aromatic heterocycles. The fourth-order valence-electron chi connectivity index (χ4n) is 2.62. The molecule has 1 aromatic rings. The lowest BCUT2D eigenvalue weighted by molar-refractivity contribution is 0.00728. The van der Waals surface area contributed by atoms with Gasteiger partial charge < -0.3 is 15.4 Å². The predicted molar refractivity (Wildman–Crippen MR) is 84.4 cm³/mol. The maximum atomic E-state index is 13.5. The van der Waals surface area contributed by atoms with Gasteiger partial charge in [-0.05, 0) is 18.1 Å². The van der Waals surface area contributed by atoms with Gasteiger partial charge in [-0.1, -0.05) is 26.0 Å².